The highest BCUT2D eigenvalue weighted by molar-refractivity contribution is 5.89. The largest absolute Gasteiger partial charge is 0.393 e. The van der Waals surface area contributed by atoms with Gasteiger partial charge in [-0.15, -0.1) is 0 Å². The molecule has 7 nitrogen and oxygen atoms in total. The monoisotopic (exact) mass is 475 g/mol. The van der Waals surface area contributed by atoms with Gasteiger partial charge in [0.25, 0.3) is 0 Å². The van der Waals surface area contributed by atoms with Crippen molar-refractivity contribution in [2.24, 2.45) is 0 Å². The molecule has 192 valence electrons. The number of unbranched alkanes of at least 4 members (excludes halogenated alkanes) is 14. The molecule has 7 heteroatoms. The Labute approximate surface area is 205 Å². The van der Waals surface area contributed by atoms with E-state index in [1.807, 2.05) is 0 Å². The zero-order valence-corrected chi connectivity index (χ0v) is 21.1. The number of aliphatic hydroxyl groups is 1. The van der Waals surface area contributed by atoms with Crippen molar-refractivity contribution in [1.29, 1.82) is 0 Å². The molecule has 2 rings (SSSR count). The van der Waals surface area contributed by atoms with Crippen molar-refractivity contribution >= 4 is 11.7 Å². The number of aliphatic hydroxyl groups excluding tert-OH is 1. The van der Waals surface area contributed by atoms with E-state index in [1.165, 1.54) is 88.0 Å². The van der Waals surface area contributed by atoms with Crippen LogP contribution in [0.1, 0.15) is 116 Å². The average Bonchev–Trinajstić information content (AvgIpc) is 3.30. The first kappa shape index (κ1) is 28.2. The summed E-state index contributed by atoms with van der Waals surface area (Å²) in [5, 5.41) is 11.8. The van der Waals surface area contributed by atoms with E-state index in [0.717, 1.165) is 12.8 Å². The van der Waals surface area contributed by atoms with Crippen LogP contribution in [0.15, 0.2) is 29.2 Å². The Morgan fingerprint density at radius 3 is 2.00 bits per heavy atom. The number of nitrogens with one attached hydrogen (secondary N) is 1. The Morgan fingerprint density at radius 1 is 0.941 bits per heavy atom. The molecule has 0 aromatic carbocycles. The summed E-state index contributed by atoms with van der Waals surface area (Å²) < 4.78 is 6.84. The molecular weight excluding hydrogens is 430 g/mol. The summed E-state index contributed by atoms with van der Waals surface area (Å²) in [6, 6.07) is 1.59. The van der Waals surface area contributed by atoms with Crippen LogP contribution in [0.25, 0.3) is 0 Å². The Kier molecular flexibility index (Phi) is 14.5. The number of aromatic nitrogens is 2. The van der Waals surface area contributed by atoms with Gasteiger partial charge in [0, 0.05) is 12.6 Å². The van der Waals surface area contributed by atoms with Gasteiger partial charge in [-0.2, -0.15) is 4.98 Å². The van der Waals surface area contributed by atoms with Crippen LogP contribution < -0.4 is 11.0 Å². The minimum atomic E-state index is -0.581. The first-order valence-corrected chi connectivity index (χ1v) is 13.5. The molecule has 0 saturated heterocycles. The highest BCUT2D eigenvalue weighted by Crippen LogP contribution is 2.19. The average molecular weight is 476 g/mol. The number of ether oxygens (including phenoxy) is 1. The predicted molar refractivity (Wildman–Crippen MR) is 137 cm³/mol. The van der Waals surface area contributed by atoms with Crippen molar-refractivity contribution in [3.63, 3.8) is 0 Å². The number of amides is 1. The lowest BCUT2D eigenvalue weighted by atomic mass is 10.0. The third-order valence-electron chi connectivity index (χ3n) is 6.36. The zero-order valence-electron chi connectivity index (χ0n) is 21.1. The van der Waals surface area contributed by atoms with Crippen LogP contribution in [0.5, 0.6) is 0 Å². The van der Waals surface area contributed by atoms with E-state index in [2.05, 4.69) is 17.2 Å². The lowest BCUT2D eigenvalue weighted by Crippen LogP contribution is -2.28. The molecule has 0 fully saturated rings. The van der Waals surface area contributed by atoms with Crippen molar-refractivity contribution in [3.8, 4) is 0 Å². The SMILES string of the molecule is CCCCCCCCCCCCCCCCCC(=O)Nc1ccn([C@H]2C=C[C@@H](CO)O2)c(=O)n1. The number of carbonyl (C=O) groups is 1. The third kappa shape index (κ3) is 11.4. The Bertz CT molecular complexity index is 777. The molecule has 34 heavy (non-hydrogen) atoms. The number of rotatable bonds is 19. The topological polar surface area (TPSA) is 93.5 Å². The van der Waals surface area contributed by atoms with Crippen molar-refractivity contribution < 1.29 is 14.6 Å². The highest BCUT2D eigenvalue weighted by atomic mass is 16.5. The normalized spacial score (nSPS) is 17.4. The third-order valence-corrected chi connectivity index (χ3v) is 6.36. The van der Waals surface area contributed by atoms with Crippen LogP contribution in [0.4, 0.5) is 5.82 Å². The molecule has 0 aliphatic carbocycles. The molecule has 1 amide bonds. The fraction of sp³-hybridized carbons (Fsp3) is 0.741. The van der Waals surface area contributed by atoms with Gasteiger partial charge < -0.3 is 15.2 Å². The van der Waals surface area contributed by atoms with Crippen molar-refractivity contribution in [1.82, 2.24) is 9.55 Å². The molecule has 1 aliphatic rings. The van der Waals surface area contributed by atoms with Gasteiger partial charge in [-0.3, -0.25) is 9.36 Å². The second kappa shape index (κ2) is 17.4. The maximum absolute atomic E-state index is 12.2. The van der Waals surface area contributed by atoms with Crippen LogP contribution in [-0.4, -0.2) is 33.3 Å². The summed E-state index contributed by atoms with van der Waals surface area (Å²) in [4.78, 5) is 28.3. The van der Waals surface area contributed by atoms with E-state index in [0.29, 0.717) is 6.42 Å². The lowest BCUT2D eigenvalue weighted by molar-refractivity contribution is -0.116. The molecule has 2 N–H and O–H groups in total. The van der Waals surface area contributed by atoms with E-state index in [1.54, 1.807) is 24.4 Å². The van der Waals surface area contributed by atoms with Gasteiger partial charge >= 0.3 is 5.69 Å². The first-order valence-electron chi connectivity index (χ1n) is 13.5. The van der Waals surface area contributed by atoms with E-state index in [-0.39, 0.29) is 18.3 Å². The van der Waals surface area contributed by atoms with Gasteiger partial charge in [0.1, 0.15) is 11.9 Å². The van der Waals surface area contributed by atoms with Crippen LogP contribution in [0, 0.1) is 0 Å². The number of hydrogen-bond acceptors (Lipinski definition) is 5. The molecule has 0 bridgehead atoms. The van der Waals surface area contributed by atoms with Crippen LogP contribution in [0.2, 0.25) is 0 Å². The number of nitrogens with zero attached hydrogens (tertiary/aromatic N) is 2. The number of carbonyl (C=O) groups excluding carboxylic acids is 1. The molecule has 1 aliphatic heterocycles. The molecule has 0 spiro atoms. The fourth-order valence-corrected chi connectivity index (χ4v) is 4.29. The molecule has 1 aromatic heterocycles. The molecule has 0 unspecified atom stereocenters. The zero-order chi connectivity index (χ0) is 24.4. The summed E-state index contributed by atoms with van der Waals surface area (Å²) in [6.07, 6.45) is 23.8. The van der Waals surface area contributed by atoms with Gasteiger partial charge in [0.15, 0.2) is 6.23 Å². The molecular formula is C27H45N3O4. The standard InChI is InChI=1S/C27H45N3O4/c1-2-3-4-5-6-7-8-9-10-11-12-13-14-15-16-17-25(32)28-24-20-21-30(27(33)29-24)26-19-18-23(22-31)34-26/h18-21,23,26,31H,2-17,22H2,1H3,(H,28,29,32,33)/t23-,26+/m0/s1. The molecule has 2 heterocycles. The van der Waals surface area contributed by atoms with Gasteiger partial charge in [-0.25, -0.2) is 4.79 Å². The highest BCUT2D eigenvalue weighted by Gasteiger charge is 2.21. The molecule has 2 atom stereocenters. The summed E-state index contributed by atoms with van der Waals surface area (Å²) in [5.41, 5.74) is -0.502. The maximum atomic E-state index is 12.2. The minimum absolute atomic E-state index is 0.114. The van der Waals surface area contributed by atoms with Crippen molar-refractivity contribution in [2.45, 2.75) is 122 Å². The van der Waals surface area contributed by atoms with E-state index < -0.39 is 18.0 Å². The van der Waals surface area contributed by atoms with E-state index >= 15 is 0 Å². The second-order valence-corrected chi connectivity index (χ2v) is 9.38. The Hall–Kier alpha value is -1.99. The fourth-order valence-electron chi connectivity index (χ4n) is 4.29. The van der Waals surface area contributed by atoms with Crippen LogP contribution >= 0.6 is 0 Å². The maximum Gasteiger partial charge on any atom is 0.351 e. The molecule has 0 radical (unpaired) electrons. The summed E-state index contributed by atoms with van der Waals surface area (Å²) in [7, 11) is 0. The first-order chi connectivity index (χ1) is 16.6. The Balaban J connectivity index is 1.46. The van der Waals surface area contributed by atoms with Gasteiger partial charge in [-0.05, 0) is 18.6 Å². The van der Waals surface area contributed by atoms with E-state index in [9.17, 15) is 9.59 Å². The quantitative estimate of drug-likeness (QED) is 0.192. The number of hydrogen-bond donors (Lipinski definition) is 2. The van der Waals surface area contributed by atoms with Crippen molar-refractivity contribution in [2.75, 3.05) is 11.9 Å². The van der Waals surface area contributed by atoms with Crippen LogP contribution in [0.3, 0.4) is 0 Å². The van der Waals surface area contributed by atoms with Crippen LogP contribution in [-0.2, 0) is 9.53 Å². The number of anilines is 1. The second-order valence-electron chi connectivity index (χ2n) is 9.38. The van der Waals surface area contributed by atoms with Gasteiger partial charge in [-0.1, -0.05) is 103 Å². The molecule has 0 saturated carbocycles. The minimum Gasteiger partial charge on any atom is -0.393 e. The van der Waals surface area contributed by atoms with Crippen molar-refractivity contribution in [3.05, 3.63) is 34.9 Å². The lowest BCUT2D eigenvalue weighted by Gasteiger charge is -2.15. The van der Waals surface area contributed by atoms with Gasteiger partial charge in [0.2, 0.25) is 5.91 Å². The van der Waals surface area contributed by atoms with Gasteiger partial charge in [0.05, 0.1) is 6.61 Å². The summed E-state index contributed by atoms with van der Waals surface area (Å²) >= 11 is 0. The summed E-state index contributed by atoms with van der Waals surface area (Å²) in [6.45, 7) is 2.13. The Morgan fingerprint density at radius 2 is 1.50 bits per heavy atom. The summed E-state index contributed by atoms with van der Waals surface area (Å²) in [5.74, 6) is 0.143. The molecule has 1 aromatic rings. The van der Waals surface area contributed by atoms with E-state index in [4.69, 9.17) is 9.84 Å². The predicted octanol–water partition coefficient (Wildman–Crippen LogP) is 5.89. The smallest absolute Gasteiger partial charge is 0.351 e.